The molecule has 0 aliphatic carbocycles. The zero-order chi connectivity index (χ0) is 20.2. The fraction of sp³-hybridized carbons (Fsp3) is 0.350. The molecule has 1 aliphatic rings. The van der Waals surface area contributed by atoms with Gasteiger partial charge in [-0.25, -0.2) is 4.68 Å². The number of aromatic nitrogens is 5. The number of amides is 2. The zero-order valence-corrected chi connectivity index (χ0v) is 16.2. The van der Waals surface area contributed by atoms with Gasteiger partial charge in [-0.05, 0) is 18.4 Å². The van der Waals surface area contributed by atoms with E-state index in [0.29, 0.717) is 25.2 Å². The number of hydrogen-bond donors (Lipinski definition) is 1. The van der Waals surface area contributed by atoms with Gasteiger partial charge >= 0.3 is 0 Å². The van der Waals surface area contributed by atoms with Crippen LogP contribution in [0.5, 0.6) is 0 Å². The molecule has 29 heavy (non-hydrogen) atoms. The van der Waals surface area contributed by atoms with Crippen LogP contribution in [0.3, 0.4) is 0 Å². The number of nitrogens with one attached hydrogen (secondary N) is 1. The largest absolute Gasteiger partial charge is 0.347 e. The van der Waals surface area contributed by atoms with Crippen LogP contribution in [0.1, 0.15) is 39.3 Å². The van der Waals surface area contributed by atoms with Crippen LogP contribution in [0.25, 0.3) is 0 Å². The topological polar surface area (TPSA) is 97.9 Å². The molecule has 3 heterocycles. The van der Waals surface area contributed by atoms with E-state index in [-0.39, 0.29) is 23.6 Å². The molecule has 0 saturated carbocycles. The molecule has 4 rings (SSSR count). The summed E-state index contributed by atoms with van der Waals surface area (Å²) in [6.07, 6.45) is 6.77. The van der Waals surface area contributed by atoms with Crippen molar-refractivity contribution in [3.05, 3.63) is 65.7 Å². The summed E-state index contributed by atoms with van der Waals surface area (Å²) >= 11 is 0. The van der Waals surface area contributed by atoms with Crippen LogP contribution in [0.4, 0.5) is 0 Å². The third kappa shape index (κ3) is 4.34. The fourth-order valence-electron chi connectivity index (χ4n) is 3.57. The minimum absolute atomic E-state index is 0.0182. The number of carbonyl (C=O) groups excluding carboxylic acids is 2. The van der Waals surface area contributed by atoms with Gasteiger partial charge in [-0.1, -0.05) is 35.5 Å². The summed E-state index contributed by atoms with van der Waals surface area (Å²) in [6, 6.07) is 9.71. The maximum atomic E-state index is 12.8. The Morgan fingerprint density at radius 1 is 1.21 bits per heavy atom. The van der Waals surface area contributed by atoms with Crippen molar-refractivity contribution in [2.45, 2.75) is 32.0 Å². The van der Waals surface area contributed by atoms with E-state index >= 15 is 0 Å². The summed E-state index contributed by atoms with van der Waals surface area (Å²) in [6.45, 7) is 1.64. The van der Waals surface area contributed by atoms with Crippen LogP contribution in [0, 0.1) is 0 Å². The molecule has 9 heteroatoms. The molecule has 1 atom stereocenters. The van der Waals surface area contributed by atoms with Crippen molar-refractivity contribution in [3.8, 4) is 0 Å². The zero-order valence-electron chi connectivity index (χ0n) is 16.2. The highest BCUT2D eigenvalue weighted by molar-refractivity contribution is 5.94. The predicted octanol–water partition coefficient (Wildman–Crippen LogP) is 1.25. The van der Waals surface area contributed by atoms with E-state index in [2.05, 4.69) is 20.7 Å². The van der Waals surface area contributed by atoms with E-state index in [9.17, 15) is 9.59 Å². The van der Waals surface area contributed by atoms with Gasteiger partial charge in [-0.2, -0.15) is 5.10 Å². The van der Waals surface area contributed by atoms with Gasteiger partial charge in [-0.15, -0.1) is 5.10 Å². The Hall–Kier alpha value is -3.49. The Bertz CT molecular complexity index is 995. The molecule has 1 saturated heterocycles. The summed E-state index contributed by atoms with van der Waals surface area (Å²) in [4.78, 5) is 26.9. The summed E-state index contributed by atoms with van der Waals surface area (Å²) in [5, 5.41) is 15.0. The lowest BCUT2D eigenvalue weighted by Crippen LogP contribution is -2.38. The summed E-state index contributed by atoms with van der Waals surface area (Å²) in [7, 11) is 1.79. The Morgan fingerprint density at radius 2 is 2.03 bits per heavy atom. The molecular formula is C20H23N7O2. The number of carbonyl (C=O) groups is 2. The third-order valence-electron chi connectivity index (χ3n) is 5.05. The molecule has 1 N–H and O–H groups in total. The quantitative estimate of drug-likeness (QED) is 0.680. The van der Waals surface area contributed by atoms with Gasteiger partial charge in [0.25, 0.3) is 11.8 Å². The summed E-state index contributed by atoms with van der Waals surface area (Å²) in [5.74, 6) is -0.295. The van der Waals surface area contributed by atoms with Crippen LogP contribution in [0.2, 0.25) is 0 Å². The van der Waals surface area contributed by atoms with E-state index in [4.69, 9.17) is 0 Å². The maximum absolute atomic E-state index is 12.8. The molecule has 0 radical (unpaired) electrons. The average Bonchev–Trinajstić information content (AvgIpc) is 3.48. The molecule has 150 valence electrons. The Labute approximate surface area is 168 Å². The number of aryl methyl sites for hydroxylation is 1. The van der Waals surface area contributed by atoms with E-state index in [1.54, 1.807) is 35.0 Å². The van der Waals surface area contributed by atoms with E-state index in [1.807, 2.05) is 35.2 Å². The second-order valence-electron chi connectivity index (χ2n) is 7.19. The first-order chi connectivity index (χ1) is 14.1. The third-order valence-corrected chi connectivity index (χ3v) is 5.05. The number of hydrogen-bond acceptors (Lipinski definition) is 5. The van der Waals surface area contributed by atoms with Crippen LogP contribution in [-0.2, 0) is 20.1 Å². The summed E-state index contributed by atoms with van der Waals surface area (Å²) in [5.41, 5.74) is 1.87. The highest BCUT2D eigenvalue weighted by Crippen LogP contribution is 2.21. The van der Waals surface area contributed by atoms with Crippen LogP contribution >= 0.6 is 0 Å². The minimum Gasteiger partial charge on any atom is -0.347 e. The highest BCUT2D eigenvalue weighted by atomic mass is 16.2. The number of benzene rings is 1. The number of rotatable bonds is 6. The van der Waals surface area contributed by atoms with Gasteiger partial charge in [-0.3, -0.25) is 14.3 Å². The first kappa shape index (κ1) is 18.9. The van der Waals surface area contributed by atoms with Crippen molar-refractivity contribution in [2.75, 3.05) is 6.54 Å². The molecular weight excluding hydrogens is 370 g/mol. The molecule has 1 aliphatic heterocycles. The molecule has 2 amide bonds. The molecule has 2 aromatic heterocycles. The lowest BCUT2D eigenvalue weighted by atomic mass is 10.2. The normalized spacial score (nSPS) is 16.2. The Balaban J connectivity index is 1.36. The van der Waals surface area contributed by atoms with E-state index < -0.39 is 0 Å². The van der Waals surface area contributed by atoms with Gasteiger partial charge in [0.05, 0.1) is 30.5 Å². The second kappa shape index (κ2) is 8.26. The molecule has 1 fully saturated rings. The SMILES string of the molecule is Cn1cc(C(=O)N2CCC[C@H]2Cn2cc(C(=O)NCc3ccccc3)nn2)cn1. The predicted molar refractivity (Wildman–Crippen MR) is 105 cm³/mol. The lowest BCUT2D eigenvalue weighted by Gasteiger charge is -2.23. The van der Waals surface area contributed by atoms with Crippen molar-refractivity contribution >= 4 is 11.8 Å². The van der Waals surface area contributed by atoms with Crippen molar-refractivity contribution in [2.24, 2.45) is 7.05 Å². The fourth-order valence-corrected chi connectivity index (χ4v) is 3.57. The smallest absolute Gasteiger partial charge is 0.273 e. The number of nitrogens with zero attached hydrogens (tertiary/aromatic N) is 6. The van der Waals surface area contributed by atoms with Crippen LogP contribution in [0.15, 0.2) is 48.9 Å². The Kier molecular flexibility index (Phi) is 5.37. The molecule has 0 unspecified atom stereocenters. The first-order valence-corrected chi connectivity index (χ1v) is 9.62. The highest BCUT2D eigenvalue weighted by Gasteiger charge is 2.30. The standard InChI is InChI=1S/C20H23N7O2/c1-25-12-16(11-22-25)20(29)27-9-5-8-17(27)13-26-14-18(23-24-26)19(28)21-10-15-6-3-2-4-7-15/h2-4,6-7,11-12,14,17H,5,8-10,13H2,1H3,(H,21,28)/t17-/m0/s1. The van der Waals surface area contributed by atoms with Crippen LogP contribution < -0.4 is 5.32 Å². The molecule has 0 spiro atoms. The maximum Gasteiger partial charge on any atom is 0.273 e. The molecule has 0 bridgehead atoms. The van der Waals surface area contributed by atoms with E-state index in [1.165, 1.54) is 0 Å². The first-order valence-electron chi connectivity index (χ1n) is 9.62. The molecule has 1 aromatic carbocycles. The summed E-state index contributed by atoms with van der Waals surface area (Å²) < 4.78 is 3.26. The van der Waals surface area contributed by atoms with Gasteiger partial charge in [0.1, 0.15) is 0 Å². The van der Waals surface area contributed by atoms with Gasteiger partial charge in [0.15, 0.2) is 5.69 Å². The Morgan fingerprint density at radius 3 is 2.79 bits per heavy atom. The molecule has 9 nitrogen and oxygen atoms in total. The van der Waals surface area contributed by atoms with E-state index in [0.717, 1.165) is 18.4 Å². The van der Waals surface area contributed by atoms with Crippen molar-refractivity contribution in [1.29, 1.82) is 0 Å². The average molecular weight is 393 g/mol. The minimum atomic E-state index is -0.269. The van der Waals surface area contributed by atoms with Crippen molar-refractivity contribution in [1.82, 2.24) is 35.0 Å². The lowest BCUT2D eigenvalue weighted by molar-refractivity contribution is 0.0720. The van der Waals surface area contributed by atoms with Crippen LogP contribution in [-0.4, -0.2) is 54.1 Å². The molecule has 3 aromatic rings. The monoisotopic (exact) mass is 393 g/mol. The number of likely N-dealkylation sites (tertiary alicyclic amines) is 1. The van der Waals surface area contributed by atoms with Crippen molar-refractivity contribution in [3.63, 3.8) is 0 Å². The van der Waals surface area contributed by atoms with Gasteiger partial charge < -0.3 is 10.2 Å². The second-order valence-corrected chi connectivity index (χ2v) is 7.19. The van der Waals surface area contributed by atoms with Crippen molar-refractivity contribution < 1.29 is 9.59 Å². The van der Waals surface area contributed by atoms with Gasteiger partial charge in [0, 0.05) is 26.3 Å². The van der Waals surface area contributed by atoms with Gasteiger partial charge in [0.2, 0.25) is 0 Å².